The van der Waals surface area contributed by atoms with Gasteiger partial charge in [0.25, 0.3) is 15.9 Å². The highest BCUT2D eigenvalue weighted by Gasteiger charge is 2.22. The van der Waals surface area contributed by atoms with Crippen molar-refractivity contribution in [1.29, 1.82) is 0 Å². The first-order valence-electron chi connectivity index (χ1n) is 9.68. The number of nitrogens with one attached hydrogen (secondary N) is 2. The van der Waals surface area contributed by atoms with E-state index in [2.05, 4.69) is 10.0 Å². The van der Waals surface area contributed by atoms with Crippen molar-refractivity contribution < 1.29 is 22.7 Å². The summed E-state index contributed by atoms with van der Waals surface area (Å²) in [5, 5.41) is 2.55. The lowest BCUT2D eigenvalue weighted by molar-refractivity contribution is -0.114. The Bertz CT molecular complexity index is 1030. The molecular weight excluding hydrogens is 406 g/mol. The van der Waals surface area contributed by atoms with Crippen LogP contribution in [0, 0.1) is 0 Å². The van der Waals surface area contributed by atoms with Crippen LogP contribution in [0.25, 0.3) is 0 Å². The summed E-state index contributed by atoms with van der Waals surface area (Å²) >= 11 is 0. The third kappa shape index (κ3) is 5.10. The van der Waals surface area contributed by atoms with Crippen molar-refractivity contribution in [2.45, 2.75) is 31.1 Å². The Morgan fingerprint density at radius 2 is 1.60 bits per heavy atom. The maximum absolute atomic E-state index is 12.9. The number of ether oxygens (including phenoxy) is 1. The van der Waals surface area contributed by atoms with Gasteiger partial charge in [-0.25, -0.2) is 8.42 Å². The lowest BCUT2D eigenvalue weighted by Gasteiger charge is -2.26. The van der Waals surface area contributed by atoms with Gasteiger partial charge >= 0.3 is 0 Å². The Balaban J connectivity index is 1.79. The molecule has 1 aliphatic heterocycles. The van der Waals surface area contributed by atoms with E-state index in [4.69, 9.17) is 4.74 Å². The average Bonchev–Trinajstić information content (AvgIpc) is 2.73. The molecular formula is C21H25N3O5S. The van der Waals surface area contributed by atoms with Crippen LogP contribution in [0.3, 0.4) is 0 Å². The lowest BCUT2D eigenvalue weighted by Crippen LogP contribution is -2.35. The topological polar surface area (TPSA) is 105 Å². The van der Waals surface area contributed by atoms with E-state index in [0.717, 1.165) is 32.4 Å². The standard InChI is InChI=1S/C21H25N3O5S/c1-15(25)22-18-10-11-19(29-2)20(14-18)30(27,28)23-17-8-6-16(7-9-17)21(26)24-12-4-3-5-13-24/h6-11,14,23H,3-5,12-13H2,1-2H3,(H,22,25). The maximum Gasteiger partial charge on any atom is 0.265 e. The van der Waals surface area contributed by atoms with Gasteiger partial charge in [-0.05, 0) is 61.7 Å². The van der Waals surface area contributed by atoms with Crippen LogP contribution in [0.5, 0.6) is 5.75 Å². The Morgan fingerprint density at radius 3 is 2.20 bits per heavy atom. The van der Waals surface area contributed by atoms with Crippen LogP contribution in [0.15, 0.2) is 47.4 Å². The molecule has 0 aromatic heterocycles. The number of hydrogen-bond acceptors (Lipinski definition) is 5. The zero-order valence-electron chi connectivity index (χ0n) is 17.0. The molecule has 2 N–H and O–H groups in total. The fraction of sp³-hybridized carbons (Fsp3) is 0.333. The molecule has 0 aliphatic carbocycles. The van der Waals surface area contributed by atoms with E-state index in [-0.39, 0.29) is 22.5 Å². The Kier molecular flexibility index (Phi) is 6.61. The van der Waals surface area contributed by atoms with Crippen LogP contribution in [-0.4, -0.2) is 45.3 Å². The van der Waals surface area contributed by atoms with Gasteiger partial charge in [0.1, 0.15) is 10.6 Å². The molecule has 2 aromatic rings. The van der Waals surface area contributed by atoms with E-state index in [1.54, 1.807) is 30.3 Å². The molecule has 0 saturated carbocycles. The Morgan fingerprint density at radius 1 is 0.967 bits per heavy atom. The first-order valence-corrected chi connectivity index (χ1v) is 11.2. The molecule has 0 radical (unpaired) electrons. The molecule has 160 valence electrons. The number of carbonyl (C=O) groups is 2. The summed E-state index contributed by atoms with van der Waals surface area (Å²) in [6, 6.07) is 10.7. The number of piperidine rings is 1. The van der Waals surface area contributed by atoms with E-state index in [1.165, 1.54) is 26.2 Å². The van der Waals surface area contributed by atoms with Gasteiger partial charge in [-0.3, -0.25) is 14.3 Å². The van der Waals surface area contributed by atoms with Crippen molar-refractivity contribution in [3.8, 4) is 5.75 Å². The number of nitrogens with zero attached hydrogens (tertiary/aromatic N) is 1. The van der Waals surface area contributed by atoms with Crippen LogP contribution < -0.4 is 14.8 Å². The molecule has 1 saturated heterocycles. The van der Waals surface area contributed by atoms with Crippen molar-refractivity contribution in [3.63, 3.8) is 0 Å². The van der Waals surface area contributed by atoms with Gasteiger partial charge < -0.3 is 15.0 Å². The molecule has 30 heavy (non-hydrogen) atoms. The summed E-state index contributed by atoms with van der Waals surface area (Å²) < 4.78 is 33.5. The first-order chi connectivity index (χ1) is 14.3. The third-order valence-electron chi connectivity index (χ3n) is 4.80. The molecule has 3 rings (SSSR count). The molecule has 1 heterocycles. The number of carbonyl (C=O) groups excluding carboxylic acids is 2. The molecule has 2 amide bonds. The molecule has 0 unspecified atom stereocenters. The Hall–Kier alpha value is -3.07. The average molecular weight is 432 g/mol. The SMILES string of the molecule is COc1ccc(NC(C)=O)cc1S(=O)(=O)Nc1ccc(C(=O)N2CCCCC2)cc1. The predicted octanol–water partition coefficient (Wildman–Crippen LogP) is 3.08. The number of amides is 2. The van der Waals surface area contributed by atoms with Crippen LogP contribution >= 0.6 is 0 Å². The molecule has 8 nitrogen and oxygen atoms in total. The molecule has 0 spiro atoms. The van der Waals surface area contributed by atoms with E-state index in [9.17, 15) is 18.0 Å². The van der Waals surface area contributed by atoms with Crippen LogP contribution in [0.1, 0.15) is 36.5 Å². The van der Waals surface area contributed by atoms with Crippen LogP contribution in [0.4, 0.5) is 11.4 Å². The molecule has 1 aliphatic rings. The van der Waals surface area contributed by atoms with Crippen LogP contribution in [-0.2, 0) is 14.8 Å². The molecule has 2 aromatic carbocycles. The summed E-state index contributed by atoms with van der Waals surface area (Å²) in [7, 11) is -2.62. The predicted molar refractivity (Wildman–Crippen MR) is 114 cm³/mol. The minimum Gasteiger partial charge on any atom is -0.495 e. The number of likely N-dealkylation sites (tertiary alicyclic amines) is 1. The van der Waals surface area contributed by atoms with Crippen molar-refractivity contribution >= 4 is 33.2 Å². The molecule has 9 heteroatoms. The zero-order chi connectivity index (χ0) is 21.7. The van der Waals surface area contributed by atoms with Gasteiger partial charge in [0.15, 0.2) is 0 Å². The number of benzene rings is 2. The summed E-state index contributed by atoms with van der Waals surface area (Å²) in [4.78, 5) is 25.6. The minimum absolute atomic E-state index is 0.0474. The molecule has 0 bridgehead atoms. The van der Waals surface area contributed by atoms with Gasteiger partial charge in [-0.1, -0.05) is 0 Å². The van der Waals surface area contributed by atoms with Gasteiger partial charge in [0.2, 0.25) is 5.91 Å². The summed E-state index contributed by atoms with van der Waals surface area (Å²) in [6.07, 6.45) is 3.14. The number of rotatable bonds is 6. The molecule has 1 fully saturated rings. The van der Waals surface area contributed by atoms with Crippen molar-refractivity contribution in [2.24, 2.45) is 0 Å². The first kappa shape index (κ1) is 21.6. The highest BCUT2D eigenvalue weighted by atomic mass is 32.2. The quantitative estimate of drug-likeness (QED) is 0.731. The smallest absolute Gasteiger partial charge is 0.265 e. The maximum atomic E-state index is 12.9. The second-order valence-corrected chi connectivity index (χ2v) is 8.73. The highest BCUT2D eigenvalue weighted by molar-refractivity contribution is 7.92. The van der Waals surface area contributed by atoms with Gasteiger partial charge in [-0.2, -0.15) is 0 Å². The fourth-order valence-electron chi connectivity index (χ4n) is 3.34. The second kappa shape index (κ2) is 9.17. The van der Waals surface area contributed by atoms with Crippen molar-refractivity contribution in [3.05, 3.63) is 48.0 Å². The van der Waals surface area contributed by atoms with E-state index < -0.39 is 10.0 Å². The largest absolute Gasteiger partial charge is 0.495 e. The monoisotopic (exact) mass is 431 g/mol. The lowest BCUT2D eigenvalue weighted by atomic mass is 10.1. The van der Waals surface area contributed by atoms with Gasteiger partial charge in [0.05, 0.1) is 7.11 Å². The second-order valence-electron chi connectivity index (χ2n) is 7.08. The van der Waals surface area contributed by atoms with Crippen molar-refractivity contribution in [2.75, 3.05) is 30.2 Å². The highest BCUT2D eigenvalue weighted by Crippen LogP contribution is 2.29. The van der Waals surface area contributed by atoms with Gasteiger partial charge in [0, 0.05) is 37.0 Å². The van der Waals surface area contributed by atoms with Crippen LogP contribution in [0.2, 0.25) is 0 Å². The zero-order valence-corrected chi connectivity index (χ0v) is 17.8. The third-order valence-corrected chi connectivity index (χ3v) is 6.20. The van der Waals surface area contributed by atoms with E-state index in [1.807, 2.05) is 4.90 Å². The number of methoxy groups -OCH3 is 1. The number of sulfonamides is 1. The fourth-order valence-corrected chi connectivity index (χ4v) is 4.59. The van der Waals surface area contributed by atoms with Gasteiger partial charge in [-0.15, -0.1) is 0 Å². The summed E-state index contributed by atoms with van der Waals surface area (Å²) in [5.74, 6) is -0.215. The molecule has 0 atom stereocenters. The normalized spacial score (nSPS) is 14.1. The number of anilines is 2. The van der Waals surface area contributed by atoms with E-state index >= 15 is 0 Å². The number of hydrogen-bond donors (Lipinski definition) is 2. The minimum atomic E-state index is -3.99. The summed E-state index contributed by atoms with van der Waals surface area (Å²) in [5.41, 5.74) is 1.17. The van der Waals surface area contributed by atoms with Crippen molar-refractivity contribution in [1.82, 2.24) is 4.90 Å². The van der Waals surface area contributed by atoms with E-state index in [0.29, 0.717) is 16.9 Å². The Labute approximate surface area is 176 Å². The summed E-state index contributed by atoms with van der Waals surface area (Å²) in [6.45, 7) is 2.83.